The fourth-order valence-electron chi connectivity index (χ4n) is 2.46. The third-order valence-electron chi connectivity index (χ3n) is 3.89. The molecule has 2 aromatic carbocycles. The first-order valence-electron chi connectivity index (χ1n) is 8.21. The minimum absolute atomic E-state index is 0.0400. The number of rotatable bonds is 5. The van der Waals surface area contributed by atoms with Crippen LogP contribution in [0.15, 0.2) is 40.8 Å². The second kappa shape index (κ2) is 9.38. The number of amides is 1. The van der Waals surface area contributed by atoms with Crippen molar-refractivity contribution in [3.8, 4) is 5.75 Å². The molecule has 0 saturated heterocycles. The van der Waals surface area contributed by atoms with Gasteiger partial charge in [0.2, 0.25) is 0 Å². The standard InChI is InChI=1S/C19H9Cl5F3NO3/c20-12-13(21)15(23)17(16(24)14(12)22)30-7-8-5-6-11(31-8)18(29)28-10-4-2-1-3-9(10)19(25,26)27/h1-6H,7H2,(H,28,29). The number of hydrogen-bond acceptors (Lipinski definition) is 3. The van der Waals surface area contributed by atoms with Gasteiger partial charge < -0.3 is 14.5 Å². The zero-order chi connectivity index (χ0) is 22.9. The Morgan fingerprint density at radius 2 is 1.48 bits per heavy atom. The summed E-state index contributed by atoms with van der Waals surface area (Å²) in [6.45, 7) is -0.236. The molecule has 3 rings (SSSR count). The summed E-state index contributed by atoms with van der Waals surface area (Å²) in [7, 11) is 0. The SMILES string of the molecule is O=C(Nc1ccccc1C(F)(F)F)c1ccc(COc2c(Cl)c(Cl)c(Cl)c(Cl)c2Cl)o1. The zero-order valence-electron chi connectivity index (χ0n) is 14.9. The van der Waals surface area contributed by atoms with E-state index < -0.39 is 23.3 Å². The van der Waals surface area contributed by atoms with Crippen LogP contribution in [0.25, 0.3) is 0 Å². The van der Waals surface area contributed by atoms with E-state index in [0.717, 1.165) is 12.1 Å². The summed E-state index contributed by atoms with van der Waals surface area (Å²) in [5.74, 6) is -1.01. The number of anilines is 1. The lowest BCUT2D eigenvalue weighted by atomic mass is 10.1. The van der Waals surface area contributed by atoms with Crippen LogP contribution in [-0.4, -0.2) is 5.91 Å². The molecule has 1 aromatic heterocycles. The van der Waals surface area contributed by atoms with Gasteiger partial charge in [-0.1, -0.05) is 70.1 Å². The lowest BCUT2D eigenvalue weighted by Gasteiger charge is -2.13. The zero-order valence-corrected chi connectivity index (χ0v) is 18.7. The molecule has 0 spiro atoms. The van der Waals surface area contributed by atoms with E-state index >= 15 is 0 Å². The summed E-state index contributed by atoms with van der Waals surface area (Å²) in [5, 5.41) is 1.87. The Bertz CT molecular complexity index is 1120. The highest BCUT2D eigenvalue weighted by Gasteiger charge is 2.33. The minimum Gasteiger partial charge on any atom is -0.482 e. The van der Waals surface area contributed by atoms with Crippen LogP contribution in [0.3, 0.4) is 0 Å². The van der Waals surface area contributed by atoms with Gasteiger partial charge in [-0.3, -0.25) is 4.79 Å². The van der Waals surface area contributed by atoms with E-state index in [2.05, 4.69) is 5.32 Å². The Balaban J connectivity index is 1.74. The molecular weight excluding hydrogens is 524 g/mol. The predicted octanol–water partition coefficient (Wildman–Crippen LogP) is 8.40. The largest absolute Gasteiger partial charge is 0.482 e. The molecule has 0 unspecified atom stereocenters. The highest BCUT2D eigenvalue weighted by molar-refractivity contribution is 6.55. The van der Waals surface area contributed by atoms with Crippen LogP contribution < -0.4 is 10.1 Å². The summed E-state index contributed by atoms with van der Waals surface area (Å²) < 4.78 is 50.0. The normalized spacial score (nSPS) is 11.5. The molecule has 31 heavy (non-hydrogen) atoms. The lowest BCUT2D eigenvalue weighted by molar-refractivity contribution is -0.136. The highest BCUT2D eigenvalue weighted by Crippen LogP contribution is 2.48. The average molecular weight is 534 g/mol. The molecule has 0 aliphatic rings. The van der Waals surface area contributed by atoms with Crippen molar-refractivity contribution < 1.29 is 27.1 Å². The topological polar surface area (TPSA) is 51.5 Å². The number of carbonyl (C=O) groups is 1. The second-order valence-corrected chi connectivity index (χ2v) is 7.84. The average Bonchev–Trinajstić information content (AvgIpc) is 3.19. The van der Waals surface area contributed by atoms with Crippen molar-refractivity contribution in [1.82, 2.24) is 0 Å². The summed E-state index contributed by atoms with van der Waals surface area (Å²) in [4.78, 5) is 12.3. The van der Waals surface area contributed by atoms with Crippen LogP contribution in [0.2, 0.25) is 25.1 Å². The predicted molar refractivity (Wildman–Crippen MR) is 114 cm³/mol. The third-order valence-corrected chi connectivity index (χ3v) is 6.14. The fourth-order valence-corrected chi connectivity index (χ4v) is 3.69. The Morgan fingerprint density at radius 1 is 0.903 bits per heavy atom. The molecule has 164 valence electrons. The van der Waals surface area contributed by atoms with Crippen LogP contribution in [-0.2, 0) is 12.8 Å². The molecule has 3 aromatic rings. The van der Waals surface area contributed by atoms with Crippen molar-refractivity contribution in [2.75, 3.05) is 5.32 Å². The van der Waals surface area contributed by atoms with Crippen molar-refractivity contribution >= 4 is 69.6 Å². The van der Waals surface area contributed by atoms with Crippen LogP contribution in [0.5, 0.6) is 5.75 Å². The molecule has 0 fully saturated rings. The highest BCUT2D eigenvalue weighted by atomic mass is 35.5. The molecule has 0 bridgehead atoms. The Hall–Kier alpha value is -1.77. The number of ether oxygens (including phenoxy) is 1. The molecule has 0 aliphatic heterocycles. The summed E-state index contributed by atoms with van der Waals surface area (Å²) in [6.07, 6.45) is -4.63. The number of hydrogen-bond donors (Lipinski definition) is 1. The summed E-state index contributed by atoms with van der Waals surface area (Å²) in [5.41, 5.74) is -1.39. The van der Waals surface area contributed by atoms with Gasteiger partial charge >= 0.3 is 6.18 Å². The Labute approximate surface area is 198 Å². The van der Waals surface area contributed by atoms with E-state index in [1.165, 1.54) is 24.3 Å². The number of nitrogens with one attached hydrogen (secondary N) is 1. The monoisotopic (exact) mass is 531 g/mol. The molecule has 12 heteroatoms. The van der Waals surface area contributed by atoms with E-state index in [0.29, 0.717) is 0 Å². The van der Waals surface area contributed by atoms with Gasteiger partial charge in [-0.05, 0) is 24.3 Å². The Kier molecular flexibility index (Phi) is 7.23. The molecule has 0 radical (unpaired) electrons. The van der Waals surface area contributed by atoms with Gasteiger partial charge in [-0.15, -0.1) is 0 Å². The first-order chi connectivity index (χ1) is 14.5. The van der Waals surface area contributed by atoms with Crippen LogP contribution in [0, 0.1) is 0 Å². The maximum Gasteiger partial charge on any atom is 0.418 e. The Morgan fingerprint density at radius 3 is 2.10 bits per heavy atom. The summed E-state index contributed by atoms with van der Waals surface area (Å²) >= 11 is 30.0. The van der Waals surface area contributed by atoms with Crippen LogP contribution in [0.1, 0.15) is 21.9 Å². The molecule has 0 saturated carbocycles. The number of alkyl halides is 3. The maximum absolute atomic E-state index is 13.1. The van der Waals surface area contributed by atoms with E-state index in [1.807, 2.05) is 0 Å². The van der Waals surface area contributed by atoms with E-state index in [-0.39, 0.29) is 49.0 Å². The number of furan rings is 1. The first kappa shape index (κ1) is 23.9. The van der Waals surface area contributed by atoms with Crippen LogP contribution in [0.4, 0.5) is 18.9 Å². The first-order valence-corrected chi connectivity index (χ1v) is 10.1. The van der Waals surface area contributed by atoms with Gasteiger partial charge in [0.25, 0.3) is 5.91 Å². The van der Waals surface area contributed by atoms with Gasteiger partial charge in [0.1, 0.15) is 22.4 Å². The van der Waals surface area contributed by atoms with Crippen molar-refractivity contribution in [3.05, 3.63) is 78.6 Å². The molecule has 0 aliphatic carbocycles. The van der Waals surface area contributed by atoms with Crippen molar-refractivity contribution in [1.29, 1.82) is 0 Å². The van der Waals surface area contributed by atoms with Gasteiger partial charge in [0, 0.05) is 0 Å². The number of halogens is 8. The number of carbonyl (C=O) groups excluding carboxylic acids is 1. The second-order valence-electron chi connectivity index (χ2n) is 5.95. The molecule has 1 heterocycles. The molecule has 1 N–H and O–H groups in total. The van der Waals surface area contributed by atoms with Gasteiger partial charge in [0.05, 0.1) is 26.3 Å². The molecule has 1 amide bonds. The van der Waals surface area contributed by atoms with Gasteiger partial charge in [-0.2, -0.15) is 13.2 Å². The summed E-state index contributed by atoms with van der Waals surface area (Å²) in [6, 6.07) is 7.23. The smallest absolute Gasteiger partial charge is 0.418 e. The quantitative estimate of drug-likeness (QED) is 0.265. The molecule has 4 nitrogen and oxygen atoms in total. The van der Waals surface area contributed by atoms with Crippen molar-refractivity contribution in [2.45, 2.75) is 12.8 Å². The number of benzene rings is 2. The molecular formula is C19H9Cl5F3NO3. The van der Waals surface area contributed by atoms with Gasteiger partial charge in [0.15, 0.2) is 11.5 Å². The fraction of sp³-hybridized carbons (Fsp3) is 0.105. The third kappa shape index (κ3) is 5.18. The molecule has 0 atom stereocenters. The van der Waals surface area contributed by atoms with E-state index in [4.69, 9.17) is 67.2 Å². The lowest BCUT2D eigenvalue weighted by Crippen LogP contribution is -2.16. The minimum atomic E-state index is -4.63. The van der Waals surface area contributed by atoms with E-state index in [9.17, 15) is 18.0 Å². The van der Waals surface area contributed by atoms with E-state index in [1.54, 1.807) is 0 Å². The van der Waals surface area contributed by atoms with Crippen LogP contribution >= 0.6 is 58.0 Å². The van der Waals surface area contributed by atoms with Crippen molar-refractivity contribution in [3.63, 3.8) is 0 Å². The van der Waals surface area contributed by atoms with Gasteiger partial charge in [-0.25, -0.2) is 0 Å². The van der Waals surface area contributed by atoms with Crippen molar-refractivity contribution in [2.24, 2.45) is 0 Å². The maximum atomic E-state index is 13.1. The number of para-hydroxylation sites is 1.